The van der Waals surface area contributed by atoms with Gasteiger partial charge in [-0.25, -0.2) is 5.43 Å². The molecule has 1 unspecified atom stereocenters. The van der Waals surface area contributed by atoms with Crippen LogP contribution in [0.25, 0.3) is 0 Å². The lowest BCUT2D eigenvalue weighted by Gasteiger charge is -2.33. The molecule has 1 aliphatic rings. The van der Waals surface area contributed by atoms with E-state index in [0.717, 1.165) is 50.8 Å². The SMILES string of the molecule is O=C(NCCCCC(C(=O)NN=Cc1ccncc1)N1CCCCC1)c1ccccc1. The molecule has 1 aromatic heterocycles. The van der Waals surface area contributed by atoms with Gasteiger partial charge in [0, 0.05) is 24.5 Å². The molecule has 0 radical (unpaired) electrons. The fraction of sp³-hybridized carbons (Fsp3) is 0.417. The molecule has 2 amide bonds. The first kappa shape index (κ1) is 22.6. The number of hydrogen-bond donors (Lipinski definition) is 2. The Balaban J connectivity index is 1.46. The van der Waals surface area contributed by atoms with Gasteiger partial charge in [0.05, 0.1) is 12.3 Å². The van der Waals surface area contributed by atoms with Crippen molar-refractivity contribution in [3.05, 3.63) is 66.0 Å². The highest BCUT2D eigenvalue weighted by atomic mass is 16.2. The summed E-state index contributed by atoms with van der Waals surface area (Å²) in [6.45, 7) is 2.48. The topological polar surface area (TPSA) is 86.7 Å². The van der Waals surface area contributed by atoms with Crippen molar-refractivity contribution < 1.29 is 9.59 Å². The van der Waals surface area contributed by atoms with Gasteiger partial charge in [0.2, 0.25) is 0 Å². The zero-order chi connectivity index (χ0) is 21.7. The maximum atomic E-state index is 12.8. The van der Waals surface area contributed by atoms with E-state index in [1.807, 2.05) is 30.3 Å². The molecule has 1 fully saturated rings. The Labute approximate surface area is 183 Å². The van der Waals surface area contributed by atoms with E-state index in [2.05, 4.69) is 25.7 Å². The number of aromatic nitrogens is 1. The van der Waals surface area contributed by atoms with Crippen molar-refractivity contribution in [1.82, 2.24) is 20.6 Å². The van der Waals surface area contributed by atoms with Crippen LogP contribution in [0.15, 0.2) is 60.0 Å². The van der Waals surface area contributed by atoms with Gasteiger partial charge in [-0.05, 0) is 75.0 Å². The largest absolute Gasteiger partial charge is 0.352 e. The van der Waals surface area contributed by atoms with Crippen molar-refractivity contribution in [2.24, 2.45) is 5.10 Å². The van der Waals surface area contributed by atoms with E-state index in [0.29, 0.717) is 12.1 Å². The van der Waals surface area contributed by atoms with Crippen molar-refractivity contribution in [2.45, 2.75) is 44.6 Å². The molecule has 2 heterocycles. The van der Waals surface area contributed by atoms with E-state index in [9.17, 15) is 9.59 Å². The fourth-order valence-corrected chi connectivity index (χ4v) is 3.76. The van der Waals surface area contributed by atoms with E-state index >= 15 is 0 Å². The molecule has 7 nitrogen and oxygen atoms in total. The van der Waals surface area contributed by atoms with Crippen molar-refractivity contribution in [3.8, 4) is 0 Å². The molecule has 1 aromatic carbocycles. The molecule has 0 spiro atoms. The third-order valence-corrected chi connectivity index (χ3v) is 5.45. The van der Waals surface area contributed by atoms with Gasteiger partial charge >= 0.3 is 0 Å². The second-order valence-electron chi connectivity index (χ2n) is 7.74. The van der Waals surface area contributed by atoms with Crippen LogP contribution in [0.4, 0.5) is 0 Å². The second kappa shape index (κ2) is 12.6. The molecule has 1 aliphatic heterocycles. The summed E-state index contributed by atoms with van der Waals surface area (Å²) >= 11 is 0. The molecule has 1 saturated heterocycles. The minimum Gasteiger partial charge on any atom is -0.352 e. The number of nitrogens with zero attached hydrogens (tertiary/aromatic N) is 3. The number of hydrogen-bond acceptors (Lipinski definition) is 5. The monoisotopic (exact) mass is 421 g/mol. The quantitative estimate of drug-likeness (QED) is 0.351. The van der Waals surface area contributed by atoms with Gasteiger partial charge < -0.3 is 5.32 Å². The molecular weight excluding hydrogens is 390 g/mol. The van der Waals surface area contributed by atoms with Gasteiger partial charge in [0.1, 0.15) is 0 Å². The molecule has 0 saturated carbocycles. The number of benzene rings is 1. The highest BCUT2D eigenvalue weighted by Gasteiger charge is 2.26. The zero-order valence-electron chi connectivity index (χ0n) is 17.9. The van der Waals surface area contributed by atoms with Gasteiger partial charge in [-0.1, -0.05) is 24.6 Å². The van der Waals surface area contributed by atoms with Crippen LogP contribution in [0.5, 0.6) is 0 Å². The second-order valence-corrected chi connectivity index (χ2v) is 7.74. The third-order valence-electron chi connectivity index (χ3n) is 5.45. The normalized spacial score (nSPS) is 15.5. The Kier molecular flexibility index (Phi) is 9.19. The Morgan fingerprint density at radius 1 is 1.03 bits per heavy atom. The fourth-order valence-electron chi connectivity index (χ4n) is 3.76. The van der Waals surface area contributed by atoms with Crippen LogP contribution < -0.4 is 10.7 Å². The Hall–Kier alpha value is -3.06. The van der Waals surface area contributed by atoms with E-state index in [4.69, 9.17) is 0 Å². The number of likely N-dealkylation sites (tertiary alicyclic amines) is 1. The van der Waals surface area contributed by atoms with E-state index < -0.39 is 0 Å². The van der Waals surface area contributed by atoms with Crippen molar-refractivity contribution in [3.63, 3.8) is 0 Å². The summed E-state index contributed by atoms with van der Waals surface area (Å²) in [5.74, 6) is -0.128. The lowest BCUT2D eigenvalue weighted by atomic mass is 10.0. The van der Waals surface area contributed by atoms with E-state index in [1.165, 1.54) is 6.42 Å². The van der Waals surface area contributed by atoms with Crippen LogP contribution in [0.2, 0.25) is 0 Å². The number of piperidine rings is 1. The Bertz CT molecular complexity index is 836. The molecule has 164 valence electrons. The van der Waals surface area contributed by atoms with Gasteiger partial charge in [0.25, 0.3) is 11.8 Å². The van der Waals surface area contributed by atoms with Crippen LogP contribution in [0.3, 0.4) is 0 Å². The summed E-state index contributed by atoms with van der Waals surface area (Å²) in [6.07, 6.45) is 10.9. The van der Waals surface area contributed by atoms with Crippen molar-refractivity contribution in [2.75, 3.05) is 19.6 Å². The minimum atomic E-state index is -0.195. The molecule has 2 N–H and O–H groups in total. The highest BCUT2D eigenvalue weighted by molar-refractivity contribution is 5.94. The van der Waals surface area contributed by atoms with Crippen molar-refractivity contribution >= 4 is 18.0 Å². The number of nitrogens with one attached hydrogen (secondary N) is 2. The number of amides is 2. The minimum absolute atomic E-state index is 0.0589. The molecule has 31 heavy (non-hydrogen) atoms. The van der Waals surface area contributed by atoms with Gasteiger partial charge in [-0.15, -0.1) is 0 Å². The highest BCUT2D eigenvalue weighted by Crippen LogP contribution is 2.16. The summed E-state index contributed by atoms with van der Waals surface area (Å²) in [6, 6.07) is 12.7. The number of hydrazone groups is 1. The predicted octanol–water partition coefficient (Wildman–Crippen LogP) is 2.99. The maximum Gasteiger partial charge on any atom is 0.257 e. The van der Waals surface area contributed by atoms with Gasteiger partial charge in [-0.3, -0.25) is 19.5 Å². The summed E-state index contributed by atoms with van der Waals surface area (Å²) in [4.78, 5) is 31.2. The summed E-state index contributed by atoms with van der Waals surface area (Å²) in [5.41, 5.74) is 4.26. The predicted molar refractivity (Wildman–Crippen MR) is 122 cm³/mol. The molecule has 7 heteroatoms. The summed E-state index contributed by atoms with van der Waals surface area (Å²) in [7, 11) is 0. The number of unbranched alkanes of at least 4 members (excludes halogenated alkanes) is 1. The van der Waals surface area contributed by atoms with Gasteiger partial charge in [0.15, 0.2) is 0 Å². The Morgan fingerprint density at radius 3 is 2.52 bits per heavy atom. The smallest absolute Gasteiger partial charge is 0.257 e. The third kappa shape index (κ3) is 7.61. The maximum absolute atomic E-state index is 12.8. The number of carbonyl (C=O) groups is 2. The standard InChI is InChI=1S/C24H31N5O2/c30-23(21-9-3-1-4-10-21)26-14-6-5-11-22(29-17-7-2-8-18-29)24(31)28-27-19-20-12-15-25-16-13-20/h1,3-4,9-10,12-13,15-16,19,22H,2,5-8,11,14,17-18H2,(H,26,30)(H,28,31). The zero-order valence-corrected chi connectivity index (χ0v) is 17.9. The van der Waals surface area contributed by atoms with Crippen LogP contribution in [0, 0.1) is 0 Å². The van der Waals surface area contributed by atoms with Crippen LogP contribution in [-0.2, 0) is 4.79 Å². The van der Waals surface area contributed by atoms with Crippen LogP contribution in [-0.4, -0.2) is 53.6 Å². The number of pyridine rings is 1. The lowest BCUT2D eigenvalue weighted by molar-refractivity contribution is -0.127. The number of carbonyl (C=O) groups excluding carboxylic acids is 2. The van der Waals surface area contributed by atoms with Crippen LogP contribution in [0.1, 0.15) is 54.4 Å². The van der Waals surface area contributed by atoms with Gasteiger partial charge in [-0.2, -0.15) is 5.10 Å². The average molecular weight is 422 g/mol. The molecular formula is C24H31N5O2. The first-order valence-corrected chi connectivity index (χ1v) is 11.0. The molecule has 3 rings (SSSR count). The van der Waals surface area contributed by atoms with E-state index in [-0.39, 0.29) is 17.9 Å². The van der Waals surface area contributed by atoms with Crippen LogP contribution >= 0.6 is 0 Å². The summed E-state index contributed by atoms with van der Waals surface area (Å²) < 4.78 is 0. The molecule has 2 aromatic rings. The Morgan fingerprint density at radius 2 is 1.77 bits per heavy atom. The van der Waals surface area contributed by atoms with Crippen molar-refractivity contribution in [1.29, 1.82) is 0 Å². The molecule has 0 bridgehead atoms. The average Bonchev–Trinajstić information content (AvgIpc) is 2.83. The summed E-state index contributed by atoms with van der Waals surface area (Å²) in [5, 5.41) is 7.07. The first-order chi connectivity index (χ1) is 15.2. The molecule has 0 aliphatic carbocycles. The first-order valence-electron chi connectivity index (χ1n) is 11.0. The van der Waals surface area contributed by atoms with E-state index in [1.54, 1.807) is 30.7 Å². The molecule has 1 atom stereocenters. The lowest BCUT2D eigenvalue weighted by Crippen LogP contribution is -2.47. The number of rotatable bonds is 10.